The summed E-state index contributed by atoms with van der Waals surface area (Å²) in [7, 11) is 0. The molecule has 0 aromatic rings. The first kappa shape index (κ1) is 15.6. The molecule has 0 heterocycles. The number of hydrogen-bond donors (Lipinski definition) is 3. The molecule has 2 atom stereocenters. The van der Waals surface area contributed by atoms with E-state index in [1.165, 1.54) is 6.92 Å². The Bertz CT molecular complexity index is 237. The average molecular weight is 264 g/mol. The minimum atomic E-state index is -0.545. The Labute approximate surface area is 107 Å². The third-order valence-corrected chi connectivity index (χ3v) is 3.18. The highest BCUT2D eigenvalue weighted by Gasteiger charge is 2.19. The second-order valence-corrected chi connectivity index (χ2v) is 4.78. The first-order valence-corrected chi connectivity index (χ1v) is 7.25. The predicted molar refractivity (Wildman–Crippen MR) is 72.1 cm³/mol. The van der Waals surface area contributed by atoms with Gasteiger partial charge in [0.05, 0.1) is 0 Å². The summed E-state index contributed by atoms with van der Waals surface area (Å²) in [6, 6.07) is -0.393. The molecule has 0 bridgehead atoms. The van der Waals surface area contributed by atoms with Crippen LogP contribution in [0.1, 0.15) is 20.3 Å². The predicted octanol–water partition coefficient (Wildman–Crippen LogP) is 0.679. The Balaban J connectivity index is 4.22. The van der Waals surface area contributed by atoms with Crippen molar-refractivity contribution in [2.75, 3.05) is 17.8 Å². The molecule has 16 heavy (non-hydrogen) atoms. The summed E-state index contributed by atoms with van der Waals surface area (Å²) in [6.45, 7) is 3.41. The van der Waals surface area contributed by atoms with Gasteiger partial charge in [0.25, 0.3) is 0 Å². The average Bonchev–Trinajstić information content (AvgIpc) is 2.24. The van der Waals surface area contributed by atoms with Crippen LogP contribution >= 0.6 is 24.4 Å². The number of carbonyl (C=O) groups is 2. The second-order valence-electron chi connectivity index (χ2n) is 3.50. The van der Waals surface area contributed by atoms with Gasteiger partial charge in [-0.3, -0.25) is 9.59 Å². The summed E-state index contributed by atoms with van der Waals surface area (Å²) < 4.78 is 0. The van der Waals surface area contributed by atoms with Crippen molar-refractivity contribution in [1.29, 1.82) is 0 Å². The molecule has 2 N–H and O–H groups in total. The Hall–Kier alpha value is -0.360. The fraction of sp³-hybridized carbons (Fsp3) is 0.800. The molecule has 0 aromatic heterocycles. The molecule has 0 saturated carbocycles. The summed E-state index contributed by atoms with van der Waals surface area (Å²) in [6.07, 6.45) is 2.88. The molecule has 0 spiro atoms. The van der Waals surface area contributed by atoms with Crippen LogP contribution in [0.4, 0.5) is 0 Å². The summed E-state index contributed by atoms with van der Waals surface area (Å²) in [5.41, 5.74) is 0. The van der Waals surface area contributed by atoms with Crippen LogP contribution < -0.4 is 10.6 Å². The highest BCUT2D eigenvalue weighted by molar-refractivity contribution is 7.98. The van der Waals surface area contributed by atoms with Crippen molar-refractivity contribution >= 4 is 36.2 Å². The van der Waals surface area contributed by atoms with Gasteiger partial charge in [-0.05, 0) is 12.7 Å². The number of carbonyl (C=O) groups excluding carboxylic acids is 2. The molecule has 2 amide bonds. The molecule has 0 aromatic carbocycles. The van der Waals surface area contributed by atoms with Crippen molar-refractivity contribution < 1.29 is 9.59 Å². The molecular weight excluding hydrogens is 244 g/mol. The maximum Gasteiger partial charge on any atom is 0.243 e. The number of nitrogens with one attached hydrogen (secondary N) is 2. The van der Waals surface area contributed by atoms with Gasteiger partial charge in [-0.1, -0.05) is 6.92 Å². The number of amides is 2. The van der Waals surface area contributed by atoms with E-state index in [1.54, 1.807) is 11.8 Å². The zero-order valence-corrected chi connectivity index (χ0v) is 11.7. The monoisotopic (exact) mass is 264 g/mol. The summed E-state index contributed by atoms with van der Waals surface area (Å²) in [5, 5.41) is 5.47. The highest BCUT2D eigenvalue weighted by atomic mass is 32.2. The zero-order valence-electron chi connectivity index (χ0n) is 9.95. The van der Waals surface area contributed by atoms with E-state index in [1.807, 2.05) is 13.2 Å². The van der Waals surface area contributed by atoms with Crippen LogP contribution in [0.5, 0.6) is 0 Å². The van der Waals surface area contributed by atoms with E-state index in [-0.39, 0.29) is 17.9 Å². The van der Waals surface area contributed by atoms with E-state index in [9.17, 15) is 9.59 Å². The Morgan fingerprint density at radius 2 is 2.00 bits per heavy atom. The summed E-state index contributed by atoms with van der Waals surface area (Å²) in [5.74, 6) is 0.807. The minimum Gasteiger partial charge on any atom is -0.351 e. The SMILES string of the molecule is CCC(CSC)NC(=O)C(CS)NC(C)=O. The van der Waals surface area contributed by atoms with E-state index < -0.39 is 6.04 Å². The largest absolute Gasteiger partial charge is 0.351 e. The number of rotatable bonds is 7. The molecule has 0 aliphatic carbocycles. The van der Waals surface area contributed by atoms with Crippen LogP contribution in [0.25, 0.3) is 0 Å². The topological polar surface area (TPSA) is 58.2 Å². The lowest BCUT2D eigenvalue weighted by Gasteiger charge is -2.20. The van der Waals surface area contributed by atoms with Gasteiger partial charge in [-0.2, -0.15) is 24.4 Å². The first-order chi connectivity index (χ1) is 7.54. The van der Waals surface area contributed by atoms with Crippen molar-refractivity contribution in [3.63, 3.8) is 0 Å². The van der Waals surface area contributed by atoms with E-state index in [4.69, 9.17) is 0 Å². The lowest BCUT2D eigenvalue weighted by Crippen LogP contribution is -2.50. The zero-order chi connectivity index (χ0) is 12.6. The molecule has 4 nitrogen and oxygen atoms in total. The van der Waals surface area contributed by atoms with Crippen molar-refractivity contribution in [1.82, 2.24) is 10.6 Å². The second kappa shape index (κ2) is 8.75. The first-order valence-electron chi connectivity index (χ1n) is 5.22. The minimum absolute atomic E-state index is 0.152. The third-order valence-electron chi connectivity index (χ3n) is 2.08. The lowest BCUT2D eigenvalue weighted by molar-refractivity contribution is -0.127. The maximum absolute atomic E-state index is 11.8. The Morgan fingerprint density at radius 3 is 2.38 bits per heavy atom. The van der Waals surface area contributed by atoms with Gasteiger partial charge in [0.1, 0.15) is 6.04 Å². The normalized spacial score (nSPS) is 14.0. The van der Waals surface area contributed by atoms with Gasteiger partial charge in [-0.15, -0.1) is 0 Å². The van der Waals surface area contributed by atoms with Crippen LogP contribution in [0.2, 0.25) is 0 Å². The van der Waals surface area contributed by atoms with Gasteiger partial charge in [-0.25, -0.2) is 0 Å². The maximum atomic E-state index is 11.8. The van der Waals surface area contributed by atoms with Crippen LogP contribution in [-0.2, 0) is 9.59 Å². The van der Waals surface area contributed by atoms with Crippen molar-refractivity contribution in [2.24, 2.45) is 0 Å². The van der Waals surface area contributed by atoms with Crippen molar-refractivity contribution in [2.45, 2.75) is 32.4 Å². The molecular formula is C10H20N2O2S2. The fourth-order valence-electron chi connectivity index (χ4n) is 1.20. The molecule has 0 saturated heterocycles. The summed E-state index contributed by atoms with van der Waals surface area (Å²) >= 11 is 5.74. The van der Waals surface area contributed by atoms with Crippen LogP contribution in [-0.4, -0.2) is 41.7 Å². The van der Waals surface area contributed by atoms with E-state index in [0.717, 1.165) is 12.2 Å². The molecule has 94 valence electrons. The highest BCUT2D eigenvalue weighted by Crippen LogP contribution is 2.01. The van der Waals surface area contributed by atoms with E-state index in [0.29, 0.717) is 5.75 Å². The molecule has 0 fully saturated rings. The van der Waals surface area contributed by atoms with Crippen molar-refractivity contribution in [3.05, 3.63) is 0 Å². The quantitative estimate of drug-likeness (QED) is 0.593. The Morgan fingerprint density at radius 1 is 1.38 bits per heavy atom. The summed E-state index contributed by atoms with van der Waals surface area (Å²) in [4.78, 5) is 22.6. The molecule has 0 aliphatic rings. The smallest absolute Gasteiger partial charge is 0.243 e. The van der Waals surface area contributed by atoms with Gasteiger partial charge in [0.2, 0.25) is 11.8 Å². The molecule has 6 heteroatoms. The van der Waals surface area contributed by atoms with Crippen LogP contribution in [0.15, 0.2) is 0 Å². The molecule has 0 aliphatic heterocycles. The van der Waals surface area contributed by atoms with Crippen LogP contribution in [0.3, 0.4) is 0 Å². The van der Waals surface area contributed by atoms with Gasteiger partial charge in [0, 0.05) is 24.5 Å². The van der Waals surface area contributed by atoms with Gasteiger partial charge in [0.15, 0.2) is 0 Å². The molecule has 0 radical (unpaired) electrons. The number of thiol groups is 1. The van der Waals surface area contributed by atoms with Crippen molar-refractivity contribution in [3.8, 4) is 0 Å². The van der Waals surface area contributed by atoms with Gasteiger partial charge < -0.3 is 10.6 Å². The van der Waals surface area contributed by atoms with E-state index in [2.05, 4.69) is 23.3 Å². The standard InChI is InChI=1S/C10H20N2O2S2/c1-4-8(6-16-3)12-10(14)9(5-15)11-7(2)13/h8-9,15H,4-6H2,1-3H3,(H,11,13)(H,12,14). The third kappa shape index (κ3) is 6.27. The lowest BCUT2D eigenvalue weighted by atomic mass is 10.2. The Kier molecular flexibility index (Phi) is 8.56. The van der Waals surface area contributed by atoms with E-state index >= 15 is 0 Å². The fourth-order valence-corrected chi connectivity index (χ4v) is 2.18. The van der Waals surface area contributed by atoms with Crippen LogP contribution in [0, 0.1) is 0 Å². The van der Waals surface area contributed by atoms with Gasteiger partial charge >= 0.3 is 0 Å². The molecule has 2 unspecified atom stereocenters. The number of thioether (sulfide) groups is 1. The molecule has 0 rings (SSSR count). The number of hydrogen-bond acceptors (Lipinski definition) is 4.